The first-order valence-corrected chi connectivity index (χ1v) is 7.02. The van der Waals surface area contributed by atoms with Crippen molar-refractivity contribution >= 4 is 11.9 Å². The first-order valence-electron chi connectivity index (χ1n) is 7.02. The summed E-state index contributed by atoms with van der Waals surface area (Å²) in [6.45, 7) is 1.98. The summed E-state index contributed by atoms with van der Waals surface area (Å²) >= 11 is 0. The highest BCUT2D eigenvalue weighted by Crippen LogP contribution is 2.21. The van der Waals surface area contributed by atoms with Gasteiger partial charge in [0.15, 0.2) is 0 Å². The van der Waals surface area contributed by atoms with E-state index in [0.29, 0.717) is 5.82 Å². The fourth-order valence-corrected chi connectivity index (χ4v) is 2.26. The van der Waals surface area contributed by atoms with E-state index in [2.05, 4.69) is 10.3 Å². The van der Waals surface area contributed by atoms with Gasteiger partial charge in [-0.25, -0.2) is 4.98 Å². The van der Waals surface area contributed by atoms with E-state index in [0.717, 1.165) is 11.1 Å². The number of carboxylic acids is 1. The van der Waals surface area contributed by atoms with Gasteiger partial charge in [-0.3, -0.25) is 9.59 Å². The maximum atomic E-state index is 12.0. The second kappa shape index (κ2) is 6.89. The van der Waals surface area contributed by atoms with Gasteiger partial charge in [-0.1, -0.05) is 29.8 Å². The molecule has 0 aliphatic heterocycles. The number of imidazole rings is 1. The summed E-state index contributed by atoms with van der Waals surface area (Å²) in [5, 5.41) is 11.6. The normalized spacial score (nSPS) is 11.9. The third-order valence-electron chi connectivity index (χ3n) is 3.36. The molecule has 1 amide bonds. The van der Waals surface area contributed by atoms with Crippen molar-refractivity contribution in [2.24, 2.45) is 7.05 Å². The predicted octanol–water partition coefficient (Wildman–Crippen LogP) is 1.80. The van der Waals surface area contributed by atoms with E-state index in [4.69, 9.17) is 5.11 Å². The van der Waals surface area contributed by atoms with Crippen LogP contribution in [0.4, 0.5) is 0 Å². The van der Waals surface area contributed by atoms with E-state index in [9.17, 15) is 9.59 Å². The smallest absolute Gasteiger partial charge is 0.303 e. The molecule has 1 unspecified atom stereocenters. The largest absolute Gasteiger partial charge is 0.481 e. The molecule has 0 aliphatic rings. The molecule has 1 heterocycles. The van der Waals surface area contributed by atoms with Gasteiger partial charge in [0.1, 0.15) is 11.9 Å². The summed E-state index contributed by atoms with van der Waals surface area (Å²) in [5.74, 6) is -0.592. The van der Waals surface area contributed by atoms with Crippen LogP contribution in [0, 0.1) is 6.92 Å². The Balaban J connectivity index is 2.25. The maximum absolute atomic E-state index is 12.0. The Bertz CT molecular complexity index is 679. The molecule has 6 nitrogen and oxygen atoms in total. The van der Waals surface area contributed by atoms with Crippen molar-refractivity contribution in [2.75, 3.05) is 0 Å². The maximum Gasteiger partial charge on any atom is 0.303 e. The van der Waals surface area contributed by atoms with Crippen LogP contribution in [0.25, 0.3) is 0 Å². The zero-order valence-electron chi connectivity index (χ0n) is 12.6. The molecule has 2 rings (SSSR count). The summed E-state index contributed by atoms with van der Waals surface area (Å²) in [7, 11) is 1.86. The summed E-state index contributed by atoms with van der Waals surface area (Å²) in [5.41, 5.74) is 1.99. The van der Waals surface area contributed by atoms with Crippen molar-refractivity contribution in [1.29, 1.82) is 0 Å². The number of aliphatic carboxylic acids is 1. The van der Waals surface area contributed by atoms with E-state index >= 15 is 0 Å². The number of carboxylic acid groups (broad SMARTS) is 1. The topological polar surface area (TPSA) is 84.2 Å². The van der Waals surface area contributed by atoms with E-state index in [1.165, 1.54) is 0 Å². The molecule has 2 N–H and O–H groups in total. The highest BCUT2D eigenvalue weighted by molar-refractivity contribution is 5.81. The second-order valence-electron chi connectivity index (χ2n) is 5.20. The summed E-state index contributed by atoms with van der Waals surface area (Å²) in [4.78, 5) is 26.9. The number of hydrogen-bond donors (Lipinski definition) is 2. The van der Waals surface area contributed by atoms with E-state index in [1.54, 1.807) is 6.20 Å². The van der Waals surface area contributed by atoms with Gasteiger partial charge in [0.2, 0.25) is 5.91 Å². The average Bonchev–Trinajstić information content (AvgIpc) is 2.88. The predicted molar refractivity (Wildman–Crippen MR) is 81.2 cm³/mol. The van der Waals surface area contributed by atoms with Crippen molar-refractivity contribution in [3.63, 3.8) is 0 Å². The van der Waals surface area contributed by atoms with Crippen molar-refractivity contribution in [3.05, 3.63) is 53.6 Å². The van der Waals surface area contributed by atoms with Crippen LogP contribution < -0.4 is 5.32 Å². The van der Waals surface area contributed by atoms with Crippen LogP contribution in [0.1, 0.15) is 35.8 Å². The van der Waals surface area contributed by atoms with Crippen LogP contribution in [0.2, 0.25) is 0 Å². The monoisotopic (exact) mass is 301 g/mol. The van der Waals surface area contributed by atoms with Crippen LogP contribution in [-0.4, -0.2) is 26.5 Å². The van der Waals surface area contributed by atoms with Crippen LogP contribution in [-0.2, 0) is 16.6 Å². The number of amides is 1. The number of nitrogens with one attached hydrogen (secondary N) is 1. The number of carbonyl (C=O) groups is 2. The minimum atomic E-state index is -0.987. The summed E-state index contributed by atoms with van der Waals surface area (Å²) in [6.07, 6.45) is 3.23. The van der Waals surface area contributed by atoms with Crippen LogP contribution in [0.3, 0.4) is 0 Å². The van der Waals surface area contributed by atoms with Crippen molar-refractivity contribution < 1.29 is 14.7 Å². The van der Waals surface area contributed by atoms with Crippen LogP contribution >= 0.6 is 0 Å². The Kier molecular flexibility index (Phi) is 4.93. The molecule has 6 heteroatoms. The van der Waals surface area contributed by atoms with E-state index < -0.39 is 12.0 Å². The standard InChI is InChI=1S/C16H19N3O3/c1-11-4-3-5-12(10-11)15(16-17-8-9-19(16)2)18-13(20)6-7-14(21)22/h3-5,8-10,15H,6-7H2,1-2H3,(H,18,20)(H,21,22). The number of rotatable bonds is 6. The molecule has 0 spiro atoms. The lowest BCUT2D eigenvalue weighted by atomic mass is 10.0. The molecule has 0 aliphatic carbocycles. The minimum absolute atomic E-state index is 0.0535. The third-order valence-corrected chi connectivity index (χ3v) is 3.36. The molecule has 1 aromatic heterocycles. The fourth-order valence-electron chi connectivity index (χ4n) is 2.26. The van der Waals surface area contributed by atoms with E-state index in [1.807, 2.05) is 49.0 Å². The molecule has 116 valence electrons. The molecular weight excluding hydrogens is 282 g/mol. The average molecular weight is 301 g/mol. The lowest BCUT2D eigenvalue weighted by Gasteiger charge is -2.19. The van der Waals surface area contributed by atoms with E-state index in [-0.39, 0.29) is 18.7 Å². The van der Waals surface area contributed by atoms with Gasteiger partial charge < -0.3 is 15.0 Å². The Morgan fingerprint density at radius 3 is 2.73 bits per heavy atom. The number of aromatic nitrogens is 2. The molecule has 0 bridgehead atoms. The molecule has 0 saturated carbocycles. The number of carbonyl (C=O) groups excluding carboxylic acids is 1. The van der Waals surface area contributed by atoms with Gasteiger partial charge in [-0.2, -0.15) is 0 Å². The van der Waals surface area contributed by atoms with Gasteiger partial charge in [0.25, 0.3) is 0 Å². The van der Waals surface area contributed by atoms with Gasteiger partial charge in [0.05, 0.1) is 6.42 Å². The van der Waals surface area contributed by atoms with Crippen molar-refractivity contribution in [3.8, 4) is 0 Å². The summed E-state index contributed by atoms with van der Waals surface area (Å²) < 4.78 is 1.84. The third kappa shape index (κ3) is 3.94. The SMILES string of the molecule is Cc1cccc(C(NC(=O)CCC(=O)O)c2nccn2C)c1. The highest BCUT2D eigenvalue weighted by Gasteiger charge is 2.21. The van der Waals surface area contributed by atoms with Gasteiger partial charge in [-0.05, 0) is 12.5 Å². The molecule has 1 atom stereocenters. The molecule has 22 heavy (non-hydrogen) atoms. The van der Waals surface area contributed by atoms with Crippen molar-refractivity contribution in [2.45, 2.75) is 25.8 Å². The first-order chi connectivity index (χ1) is 10.5. The van der Waals surface area contributed by atoms with Gasteiger partial charge in [-0.15, -0.1) is 0 Å². The highest BCUT2D eigenvalue weighted by atomic mass is 16.4. The number of aryl methyl sites for hydroxylation is 2. The second-order valence-corrected chi connectivity index (χ2v) is 5.20. The molecule has 0 saturated heterocycles. The minimum Gasteiger partial charge on any atom is -0.481 e. The quantitative estimate of drug-likeness (QED) is 0.852. The Morgan fingerprint density at radius 2 is 2.14 bits per heavy atom. The zero-order chi connectivity index (χ0) is 16.1. The molecule has 2 aromatic rings. The van der Waals surface area contributed by atoms with Gasteiger partial charge >= 0.3 is 5.97 Å². The van der Waals surface area contributed by atoms with Crippen LogP contribution in [0.5, 0.6) is 0 Å². The van der Waals surface area contributed by atoms with Crippen LogP contribution in [0.15, 0.2) is 36.7 Å². The number of benzene rings is 1. The number of nitrogens with zero attached hydrogens (tertiary/aromatic N) is 2. The molecule has 0 fully saturated rings. The molecule has 0 radical (unpaired) electrons. The lowest BCUT2D eigenvalue weighted by molar-refractivity contribution is -0.138. The van der Waals surface area contributed by atoms with Crippen molar-refractivity contribution in [1.82, 2.24) is 14.9 Å². The first kappa shape index (κ1) is 15.8. The summed E-state index contributed by atoms with van der Waals surface area (Å²) in [6, 6.07) is 7.40. The fraction of sp³-hybridized carbons (Fsp3) is 0.312. The lowest BCUT2D eigenvalue weighted by Crippen LogP contribution is -2.31. The Labute approximate surface area is 128 Å². The zero-order valence-corrected chi connectivity index (χ0v) is 12.6. The molecule has 1 aromatic carbocycles. The number of hydrogen-bond acceptors (Lipinski definition) is 3. The Morgan fingerprint density at radius 1 is 1.36 bits per heavy atom. The molecular formula is C16H19N3O3. The van der Waals surface area contributed by atoms with Gasteiger partial charge in [0, 0.05) is 25.9 Å². The Hall–Kier alpha value is -2.63.